The molecule has 8 heteroatoms. The molecule has 4 nitrogen and oxygen atoms in total. The third-order valence-electron chi connectivity index (χ3n) is 3.06. The molecule has 0 aliphatic carbocycles. The Hall–Kier alpha value is -1.57. The zero-order valence-corrected chi connectivity index (χ0v) is 13.3. The molecule has 0 heterocycles. The summed E-state index contributed by atoms with van der Waals surface area (Å²) in [5, 5.41) is 0. The Morgan fingerprint density at radius 3 is 2.09 bits per heavy atom. The minimum absolute atomic E-state index is 0.0781. The lowest BCUT2D eigenvalue weighted by Crippen LogP contribution is -2.39. The average molecular weight is 337 g/mol. The van der Waals surface area contributed by atoms with Gasteiger partial charge in [-0.3, -0.25) is 4.79 Å². The van der Waals surface area contributed by atoms with E-state index in [0.717, 1.165) is 12.6 Å². The summed E-state index contributed by atoms with van der Waals surface area (Å²) in [7, 11) is -3.04. The third-order valence-corrected chi connectivity index (χ3v) is 4.68. The number of rotatable bonds is 5. The van der Waals surface area contributed by atoms with Crippen LogP contribution < -0.4 is 0 Å². The van der Waals surface area contributed by atoms with Crippen LogP contribution >= 0.6 is 0 Å². The lowest BCUT2D eigenvalue weighted by Gasteiger charge is -2.19. The van der Waals surface area contributed by atoms with Crippen LogP contribution in [-0.2, 0) is 14.6 Å². The van der Waals surface area contributed by atoms with E-state index in [2.05, 4.69) is 0 Å². The van der Waals surface area contributed by atoms with Crippen molar-refractivity contribution in [2.24, 2.45) is 0 Å². The number of hydrogen-bond acceptors (Lipinski definition) is 3. The number of hydrogen-bond donors (Lipinski definition) is 0. The van der Waals surface area contributed by atoms with Gasteiger partial charge < -0.3 is 4.90 Å². The van der Waals surface area contributed by atoms with Crippen LogP contribution in [0.25, 0.3) is 0 Å². The van der Waals surface area contributed by atoms with Crippen molar-refractivity contribution in [1.82, 2.24) is 4.90 Å². The lowest BCUT2D eigenvalue weighted by atomic mass is 10.0. The van der Waals surface area contributed by atoms with E-state index < -0.39 is 34.2 Å². The van der Waals surface area contributed by atoms with E-state index in [1.54, 1.807) is 12.1 Å². The highest BCUT2D eigenvalue weighted by molar-refractivity contribution is 7.92. The molecule has 0 bridgehead atoms. The molecule has 0 aliphatic rings. The van der Waals surface area contributed by atoms with E-state index in [9.17, 15) is 26.4 Å². The van der Waals surface area contributed by atoms with Gasteiger partial charge in [0.2, 0.25) is 5.91 Å². The Kier molecular flexibility index (Phi) is 5.61. The van der Waals surface area contributed by atoms with E-state index in [4.69, 9.17) is 0 Å². The number of halogens is 3. The van der Waals surface area contributed by atoms with Crippen LogP contribution in [0.2, 0.25) is 0 Å². The predicted octanol–water partition coefficient (Wildman–Crippen LogP) is 2.60. The molecule has 1 rings (SSSR count). The van der Waals surface area contributed by atoms with Crippen LogP contribution in [0.4, 0.5) is 13.2 Å². The maximum Gasteiger partial charge on any atom is 0.406 e. The van der Waals surface area contributed by atoms with Gasteiger partial charge in [-0.1, -0.05) is 26.0 Å². The highest BCUT2D eigenvalue weighted by Gasteiger charge is 2.32. The second-order valence-corrected chi connectivity index (χ2v) is 7.34. The molecule has 0 aromatic heterocycles. The van der Waals surface area contributed by atoms with Gasteiger partial charge in [-0.05, 0) is 23.6 Å². The Labute approximate surface area is 127 Å². The smallest absolute Gasteiger partial charge is 0.336 e. The maximum absolute atomic E-state index is 12.2. The van der Waals surface area contributed by atoms with Crippen LogP contribution in [0.15, 0.2) is 29.2 Å². The summed E-state index contributed by atoms with van der Waals surface area (Å²) in [5.74, 6) is -1.86. The van der Waals surface area contributed by atoms with Gasteiger partial charge in [0.25, 0.3) is 0 Å². The van der Waals surface area contributed by atoms with Crippen molar-refractivity contribution in [1.29, 1.82) is 0 Å². The number of carbonyl (C=O) groups is 1. The van der Waals surface area contributed by atoms with Gasteiger partial charge in [0.05, 0.1) is 4.90 Å². The lowest BCUT2D eigenvalue weighted by molar-refractivity contribution is -0.156. The van der Waals surface area contributed by atoms with Crippen molar-refractivity contribution >= 4 is 15.7 Å². The number of amides is 1. The molecule has 0 atom stereocenters. The predicted molar refractivity (Wildman–Crippen MR) is 76.3 cm³/mol. The molecular weight excluding hydrogens is 319 g/mol. The van der Waals surface area contributed by atoms with Gasteiger partial charge in [0.15, 0.2) is 9.84 Å². The topological polar surface area (TPSA) is 54.5 Å². The fraction of sp³-hybridized carbons (Fsp3) is 0.500. The number of alkyl halides is 3. The van der Waals surface area contributed by atoms with Crippen LogP contribution in [0, 0.1) is 0 Å². The summed E-state index contributed by atoms with van der Waals surface area (Å²) in [5.41, 5.74) is 0.930. The fourth-order valence-corrected chi connectivity index (χ4v) is 3.04. The zero-order chi connectivity index (χ0) is 17.1. The molecular formula is C14H18F3NO3S. The molecule has 124 valence electrons. The Bertz CT molecular complexity index is 622. The quantitative estimate of drug-likeness (QED) is 0.830. The van der Waals surface area contributed by atoms with E-state index >= 15 is 0 Å². The van der Waals surface area contributed by atoms with Crippen molar-refractivity contribution in [3.8, 4) is 0 Å². The van der Waals surface area contributed by atoms with E-state index in [-0.39, 0.29) is 10.8 Å². The molecule has 1 amide bonds. The number of carbonyl (C=O) groups excluding carboxylic acids is 1. The standard InChI is InChI=1S/C14H18F3NO3S/c1-10(2)11-4-6-12(7-5-11)22(20,21)8-13(19)18(3)9-14(15,16)17/h4-7,10H,8-9H2,1-3H3. The Balaban J connectivity index is 2.85. The normalized spacial score (nSPS) is 12.5. The first-order valence-corrected chi connectivity index (χ1v) is 8.21. The molecule has 1 aromatic rings. The van der Waals surface area contributed by atoms with Crippen LogP contribution in [-0.4, -0.2) is 44.7 Å². The Morgan fingerprint density at radius 1 is 1.18 bits per heavy atom. The van der Waals surface area contributed by atoms with Crippen LogP contribution in [0.3, 0.4) is 0 Å². The van der Waals surface area contributed by atoms with Gasteiger partial charge >= 0.3 is 6.18 Å². The van der Waals surface area contributed by atoms with Crippen molar-refractivity contribution in [3.63, 3.8) is 0 Å². The second kappa shape index (κ2) is 6.68. The van der Waals surface area contributed by atoms with E-state index in [1.807, 2.05) is 13.8 Å². The molecule has 22 heavy (non-hydrogen) atoms. The highest BCUT2D eigenvalue weighted by atomic mass is 32.2. The molecule has 0 radical (unpaired) electrons. The van der Waals surface area contributed by atoms with Gasteiger partial charge in [-0.15, -0.1) is 0 Å². The van der Waals surface area contributed by atoms with Gasteiger partial charge in [-0.25, -0.2) is 8.42 Å². The van der Waals surface area contributed by atoms with Crippen LogP contribution in [0.5, 0.6) is 0 Å². The fourth-order valence-electron chi connectivity index (χ4n) is 1.77. The third kappa shape index (κ3) is 5.32. The molecule has 0 fully saturated rings. The molecule has 0 spiro atoms. The highest BCUT2D eigenvalue weighted by Crippen LogP contribution is 2.19. The van der Waals surface area contributed by atoms with Gasteiger partial charge in [-0.2, -0.15) is 13.2 Å². The van der Waals surface area contributed by atoms with Crippen LogP contribution in [0.1, 0.15) is 25.3 Å². The van der Waals surface area contributed by atoms with Gasteiger partial charge in [0.1, 0.15) is 12.3 Å². The van der Waals surface area contributed by atoms with Crippen molar-refractivity contribution in [3.05, 3.63) is 29.8 Å². The number of sulfone groups is 1. The first-order chi connectivity index (χ1) is 9.92. The van der Waals surface area contributed by atoms with E-state index in [1.165, 1.54) is 12.1 Å². The SMILES string of the molecule is CC(C)c1ccc(S(=O)(=O)CC(=O)N(C)CC(F)(F)F)cc1. The van der Waals surface area contributed by atoms with E-state index in [0.29, 0.717) is 4.90 Å². The average Bonchev–Trinajstić information content (AvgIpc) is 2.36. The second-order valence-electron chi connectivity index (χ2n) is 5.35. The molecule has 0 saturated carbocycles. The largest absolute Gasteiger partial charge is 0.406 e. The Morgan fingerprint density at radius 2 is 1.68 bits per heavy atom. The van der Waals surface area contributed by atoms with Crippen molar-refractivity contribution in [2.75, 3.05) is 19.3 Å². The monoisotopic (exact) mass is 337 g/mol. The summed E-state index contributed by atoms with van der Waals surface area (Å²) in [4.78, 5) is 11.9. The molecule has 0 unspecified atom stereocenters. The minimum atomic E-state index is -4.56. The number of benzene rings is 1. The summed E-state index contributed by atoms with van der Waals surface area (Å²) < 4.78 is 60.7. The minimum Gasteiger partial charge on any atom is -0.336 e. The maximum atomic E-state index is 12.2. The van der Waals surface area contributed by atoms with Crippen molar-refractivity contribution in [2.45, 2.75) is 30.8 Å². The zero-order valence-electron chi connectivity index (χ0n) is 12.5. The first kappa shape index (κ1) is 18.5. The molecule has 0 aliphatic heterocycles. The van der Waals surface area contributed by atoms with Gasteiger partial charge in [0, 0.05) is 7.05 Å². The number of nitrogens with zero attached hydrogens (tertiary/aromatic N) is 1. The summed E-state index contributed by atoms with van der Waals surface area (Å²) >= 11 is 0. The molecule has 0 N–H and O–H groups in total. The first-order valence-electron chi connectivity index (χ1n) is 6.56. The molecule has 1 aromatic carbocycles. The summed E-state index contributed by atoms with van der Waals surface area (Å²) in [6.07, 6.45) is -4.56. The summed E-state index contributed by atoms with van der Waals surface area (Å²) in [6.45, 7) is 2.41. The summed E-state index contributed by atoms with van der Waals surface area (Å²) in [6, 6.07) is 5.98. The molecule has 0 saturated heterocycles. The van der Waals surface area contributed by atoms with Crippen molar-refractivity contribution < 1.29 is 26.4 Å².